The van der Waals surface area contributed by atoms with E-state index < -0.39 is 32.5 Å². The minimum Gasteiger partial charge on any atom is -0.756 e. The van der Waals surface area contributed by atoms with Gasteiger partial charge in [-0.15, -0.1) is 0 Å². The van der Waals surface area contributed by atoms with Crippen LogP contribution < -0.4 is 4.89 Å². The van der Waals surface area contributed by atoms with Crippen LogP contribution in [0.4, 0.5) is 0 Å². The Labute approximate surface area is 307 Å². The number of nitrogens with zero attached hydrogens (tertiary/aromatic N) is 1. The third-order valence-corrected chi connectivity index (χ3v) is 9.41. The molecule has 0 aromatic carbocycles. The summed E-state index contributed by atoms with van der Waals surface area (Å²) < 4.78 is 33.8. The summed E-state index contributed by atoms with van der Waals surface area (Å²) in [4.78, 5) is 37.3. The van der Waals surface area contributed by atoms with Crippen LogP contribution in [0.15, 0.2) is 24.3 Å². The van der Waals surface area contributed by atoms with Crippen LogP contribution in [0.5, 0.6) is 0 Å². The van der Waals surface area contributed by atoms with Crippen LogP contribution in [0.25, 0.3) is 0 Å². The van der Waals surface area contributed by atoms with Gasteiger partial charge in [0.25, 0.3) is 7.82 Å². The van der Waals surface area contributed by atoms with Crippen LogP contribution in [0.3, 0.4) is 0 Å². The van der Waals surface area contributed by atoms with Gasteiger partial charge in [-0.1, -0.05) is 115 Å². The Kier molecular flexibility index (Phi) is 32.3. The molecule has 0 heterocycles. The van der Waals surface area contributed by atoms with Crippen LogP contribution >= 0.6 is 7.82 Å². The molecule has 0 spiro atoms. The summed E-state index contributed by atoms with van der Waals surface area (Å²) in [5, 5.41) is 0. The zero-order valence-electron chi connectivity index (χ0n) is 32.8. The molecule has 0 amide bonds. The van der Waals surface area contributed by atoms with Crippen LogP contribution in [0.2, 0.25) is 0 Å². The predicted octanol–water partition coefficient (Wildman–Crippen LogP) is 10.2. The number of phosphoric acid groups is 1. The average Bonchev–Trinajstić information content (AvgIpc) is 3.06. The summed E-state index contributed by atoms with van der Waals surface area (Å²) in [6.07, 6.45) is 33.4. The van der Waals surface area contributed by atoms with Gasteiger partial charge in [0.05, 0.1) is 27.7 Å². The molecule has 50 heavy (non-hydrogen) atoms. The van der Waals surface area contributed by atoms with E-state index in [0.717, 1.165) is 77.0 Å². The fraction of sp³-hybridized carbons (Fsp3) is 0.850. The number of unbranched alkanes of at least 4 members (excludes halogenated alkanes) is 18. The number of hydrogen-bond donors (Lipinski definition) is 0. The van der Waals surface area contributed by atoms with Crippen LogP contribution in [-0.4, -0.2) is 70.0 Å². The van der Waals surface area contributed by atoms with E-state index in [9.17, 15) is 19.0 Å². The van der Waals surface area contributed by atoms with Crippen molar-refractivity contribution in [2.75, 3.05) is 47.5 Å². The van der Waals surface area contributed by atoms with E-state index in [2.05, 4.69) is 38.2 Å². The van der Waals surface area contributed by atoms with E-state index in [0.29, 0.717) is 17.4 Å². The van der Waals surface area contributed by atoms with Crippen molar-refractivity contribution >= 4 is 19.8 Å². The molecule has 0 aliphatic carbocycles. The number of esters is 2. The summed E-state index contributed by atoms with van der Waals surface area (Å²) in [7, 11) is 1.15. The van der Waals surface area contributed by atoms with Crippen molar-refractivity contribution in [2.24, 2.45) is 0 Å². The number of carbonyl (C=O) groups excluding carboxylic acids is 2. The van der Waals surface area contributed by atoms with Gasteiger partial charge in [0.1, 0.15) is 19.8 Å². The molecular formula is C40H76NO8P. The van der Waals surface area contributed by atoms with Gasteiger partial charge in [-0.05, 0) is 64.2 Å². The number of carbonyl (C=O) groups is 2. The molecule has 0 bridgehead atoms. The standard InChI is InChI=1S/C40H76NO8P/c1-6-8-10-12-14-16-18-20-21-23-24-26-28-30-32-39(42)46-36-38(37-48-50(44,45)47-35-34-41(3,4)5)49-40(43)33-31-29-27-25-22-19-17-15-13-11-9-7-2/h15,17-18,20,38H,6-14,16,19,21-37H2,1-5H3/b17-15-,20-18-/t38-/m1/s1. The number of quaternary nitrogens is 1. The maximum absolute atomic E-state index is 12.6. The van der Waals surface area contributed by atoms with Gasteiger partial charge >= 0.3 is 11.9 Å². The van der Waals surface area contributed by atoms with Crippen molar-refractivity contribution in [1.29, 1.82) is 0 Å². The van der Waals surface area contributed by atoms with Gasteiger partial charge in [-0.2, -0.15) is 0 Å². The van der Waals surface area contributed by atoms with Crippen molar-refractivity contribution in [3.63, 3.8) is 0 Å². The monoisotopic (exact) mass is 730 g/mol. The lowest BCUT2D eigenvalue weighted by Crippen LogP contribution is -2.37. The number of hydrogen-bond acceptors (Lipinski definition) is 8. The summed E-state index contributed by atoms with van der Waals surface area (Å²) in [6.45, 7) is 4.16. The first kappa shape index (κ1) is 48.5. The highest BCUT2D eigenvalue weighted by atomic mass is 31.2. The minimum absolute atomic E-state index is 0.0329. The van der Waals surface area contributed by atoms with Gasteiger partial charge in [-0.3, -0.25) is 14.2 Å². The Bertz CT molecular complexity index is 918. The molecule has 0 aliphatic rings. The highest BCUT2D eigenvalue weighted by Crippen LogP contribution is 2.38. The second-order valence-corrected chi connectivity index (χ2v) is 16.1. The third kappa shape index (κ3) is 36.3. The number of phosphoric ester groups is 1. The molecule has 9 nitrogen and oxygen atoms in total. The Morgan fingerprint density at radius 3 is 1.52 bits per heavy atom. The SMILES string of the molecule is CCCCC/C=C\CCCCCCCC(=O)O[C@H](COC(=O)CCCCCCC/C=C\CCCCCCC)COP(=O)([O-])OCC[N+](C)(C)C. The maximum atomic E-state index is 12.6. The van der Waals surface area contributed by atoms with Gasteiger partial charge in [0.15, 0.2) is 6.10 Å². The molecule has 2 atom stereocenters. The fourth-order valence-electron chi connectivity index (χ4n) is 5.23. The average molecular weight is 730 g/mol. The molecule has 0 rings (SSSR count). The first-order valence-corrected chi connectivity index (χ1v) is 21.5. The minimum atomic E-state index is -4.62. The van der Waals surface area contributed by atoms with Crippen LogP contribution in [0, 0.1) is 0 Å². The zero-order chi connectivity index (χ0) is 37.2. The molecular weight excluding hydrogens is 653 g/mol. The predicted molar refractivity (Wildman–Crippen MR) is 204 cm³/mol. The third-order valence-electron chi connectivity index (χ3n) is 8.44. The Balaban J connectivity index is 4.43. The Morgan fingerprint density at radius 2 is 1.02 bits per heavy atom. The normalized spacial score (nSPS) is 14.0. The largest absolute Gasteiger partial charge is 0.756 e. The summed E-state index contributed by atoms with van der Waals surface area (Å²) in [5.74, 6) is -0.855. The highest BCUT2D eigenvalue weighted by molar-refractivity contribution is 7.45. The lowest BCUT2D eigenvalue weighted by atomic mass is 10.1. The Morgan fingerprint density at radius 1 is 0.600 bits per heavy atom. The van der Waals surface area contributed by atoms with Gasteiger partial charge in [-0.25, -0.2) is 0 Å². The molecule has 0 aromatic rings. The van der Waals surface area contributed by atoms with E-state index in [4.69, 9.17) is 18.5 Å². The van der Waals surface area contributed by atoms with Gasteiger partial charge in [0.2, 0.25) is 0 Å². The second-order valence-electron chi connectivity index (χ2n) is 14.6. The van der Waals surface area contributed by atoms with Gasteiger partial charge in [0, 0.05) is 12.8 Å². The quantitative estimate of drug-likeness (QED) is 0.0206. The van der Waals surface area contributed by atoms with E-state index in [-0.39, 0.29) is 26.1 Å². The summed E-state index contributed by atoms with van der Waals surface area (Å²) in [5.41, 5.74) is 0. The molecule has 0 fully saturated rings. The lowest BCUT2D eigenvalue weighted by molar-refractivity contribution is -0.870. The molecule has 0 saturated carbocycles. The maximum Gasteiger partial charge on any atom is 0.306 e. The number of ether oxygens (including phenoxy) is 2. The number of allylic oxidation sites excluding steroid dienone is 4. The number of likely N-dealkylation sites (N-methyl/N-ethyl adjacent to an activating group) is 1. The van der Waals surface area contributed by atoms with Gasteiger partial charge < -0.3 is 27.9 Å². The smallest absolute Gasteiger partial charge is 0.306 e. The second kappa shape index (κ2) is 33.3. The van der Waals surface area contributed by atoms with Crippen molar-refractivity contribution in [2.45, 2.75) is 174 Å². The van der Waals surface area contributed by atoms with E-state index in [1.807, 2.05) is 21.1 Å². The lowest BCUT2D eigenvalue weighted by Gasteiger charge is -2.28. The van der Waals surface area contributed by atoms with Crippen molar-refractivity contribution < 1.29 is 42.1 Å². The first-order chi connectivity index (χ1) is 24.0. The van der Waals surface area contributed by atoms with Crippen molar-refractivity contribution in [3.8, 4) is 0 Å². The zero-order valence-corrected chi connectivity index (χ0v) is 33.7. The molecule has 1 unspecified atom stereocenters. The molecule has 294 valence electrons. The van der Waals surface area contributed by atoms with Crippen LogP contribution in [0.1, 0.15) is 168 Å². The molecule has 0 aromatic heterocycles. The van der Waals surface area contributed by atoms with Crippen LogP contribution in [-0.2, 0) is 32.7 Å². The topological polar surface area (TPSA) is 111 Å². The fourth-order valence-corrected chi connectivity index (χ4v) is 5.96. The van der Waals surface area contributed by atoms with Crippen molar-refractivity contribution in [3.05, 3.63) is 24.3 Å². The first-order valence-electron chi connectivity index (χ1n) is 20.0. The summed E-state index contributed by atoms with van der Waals surface area (Å²) >= 11 is 0. The molecule has 0 N–H and O–H groups in total. The summed E-state index contributed by atoms with van der Waals surface area (Å²) in [6, 6.07) is 0. The molecule has 10 heteroatoms. The van der Waals surface area contributed by atoms with E-state index in [1.54, 1.807) is 0 Å². The van der Waals surface area contributed by atoms with E-state index >= 15 is 0 Å². The molecule has 0 aliphatic heterocycles. The van der Waals surface area contributed by atoms with E-state index in [1.165, 1.54) is 57.8 Å². The molecule has 0 saturated heterocycles. The molecule has 0 radical (unpaired) electrons. The highest BCUT2D eigenvalue weighted by Gasteiger charge is 2.21. The Hall–Kier alpha value is -1.51. The number of rotatable bonds is 36. The van der Waals surface area contributed by atoms with Crippen molar-refractivity contribution in [1.82, 2.24) is 0 Å².